The number of sulfone groups is 1. The molecule has 2 fully saturated rings. The average Bonchev–Trinajstić information content (AvgIpc) is 2.86. The fourth-order valence-corrected chi connectivity index (χ4v) is 4.49. The van der Waals surface area contributed by atoms with Crippen molar-refractivity contribution in [3.8, 4) is 0 Å². The van der Waals surface area contributed by atoms with Crippen molar-refractivity contribution in [2.24, 2.45) is 0 Å². The molecule has 0 unspecified atom stereocenters. The van der Waals surface area contributed by atoms with Gasteiger partial charge in [-0.2, -0.15) is 0 Å². The van der Waals surface area contributed by atoms with E-state index in [0.717, 1.165) is 17.9 Å². The molecule has 1 aromatic rings. The Bertz CT molecular complexity index is 780. The Morgan fingerprint density at radius 3 is 2.62 bits per heavy atom. The van der Waals surface area contributed by atoms with Gasteiger partial charge < -0.3 is 15.0 Å². The highest BCUT2D eigenvalue weighted by Crippen LogP contribution is 2.25. The maximum atomic E-state index is 12.1. The first kappa shape index (κ1) is 18.9. The summed E-state index contributed by atoms with van der Waals surface area (Å²) in [7, 11) is -2.93. The Balaban J connectivity index is 1.64. The van der Waals surface area contributed by atoms with Crippen LogP contribution in [-0.4, -0.2) is 63.3 Å². The highest BCUT2D eigenvalue weighted by atomic mass is 32.2. The summed E-state index contributed by atoms with van der Waals surface area (Å²) in [6.07, 6.45) is 0.0274. The Morgan fingerprint density at radius 1 is 1.23 bits per heavy atom. The van der Waals surface area contributed by atoms with E-state index in [1.807, 2.05) is 24.3 Å². The maximum Gasteiger partial charge on any atom is 0.414 e. The highest BCUT2D eigenvalue weighted by Gasteiger charge is 2.32. The van der Waals surface area contributed by atoms with Crippen molar-refractivity contribution in [2.45, 2.75) is 19.4 Å². The van der Waals surface area contributed by atoms with Crippen LogP contribution >= 0.6 is 12.2 Å². The molecule has 2 heterocycles. The molecule has 2 aliphatic heterocycles. The average molecular weight is 398 g/mol. The molecule has 0 spiro atoms. The van der Waals surface area contributed by atoms with Gasteiger partial charge in [0.2, 0.25) is 0 Å². The van der Waals surface area contributed by atoms with E-state index in [1.54, 1.807) is 11.8 Å². The van der Waals surface area contributed by atoms with Crippen LogP contribution < -0.4 is 15.1 Å². The van der Waals surface area contributed by atoms with Gasteiger partial charge in [0.25, 0.3) is 0 Å². The minimum atomic E-state index is -2.93. The van der Waals surface area contributed by atoms with Crippen molar-refractivity contribution in [3.63, 3.8) is 0 Å². The predicted molar refractivity (Wildman–Crippen MR) is 106 cm³/mol. The zero-order valence-electron chi connectivity index (χ0n) is 14.7. The Kier molecular flexibility index (Phi) is 5.67. The Hall–Kier alpha value is -1.87. The standard InChI is InChI=1S/C17H23N3O4S2/c1-13(25)18-11-16-12-20(17(21)24-16)15-5-3-14(4-6-15)19-7-2-9-26(22,23)10-8-19/h3-6,16H,2,7-12H2,1H3,(H,18,25)/t16-/m0/s1. The maximum absolute atomic E-state index is 12.1. The predicted octanol–water partition coefficient (Wildman–Crippen LogP) is 1.57. The third-order valence-corrected chi connectivity index (χ3v) is 6.39. The topological polar surface area (TPSA) is 79.0 Å². The lowest BCUT2D eigenvalue weighted by molar-refractivity contribution is 0.143. The van der Waals surface area contributed by atoms with Gasteiger partial charge in [-0.1, -0.05) is 12.2 Å². The van der Waals surface area contributed by atoms with Crippen molar-refractivity contribution in [3.05, 3.63) is 24.3 Å². The zero-order chi connectivity index (χ0) is 18.7. The largest absolute Gasteiger partial charge is 0.442 e. The molecule has 0 saturated carbocycles. The van der Waals surface area contributed by atoms with Crippen molar-refractivity contribution in [2.75, 3.05) is 47.5 Å². The molecular formula is C17H23N3O4S2. The van der Waals surface area contributed by atoms with Crippen molar-refractivity contribution in [1.82, 2.24) is 5.32 Å². The monoisotopic (exact) mass is 397 g/mol. The number of hydrogen-bond donors (Lipinski definition) is 1. The summed E-state index contributed by atoms with van der Waals surface area (Å²) >= 11 is 4.98. The summed E-state index contributed by atoms with van der Waals surface area (Å²) in [6, 6.07) is 7.59. The van der Waals surface area contributed by atoms with E-state index in [4.69, 9.17) is 17.0 Å². The van der Waals surface area contributed by atoms with Crippen LogP contribution in [0.2, 0.25) is 0 Å². The number of carbonyl (C=O) groups excluding carboxylic acids is 1. The number of ether oxygens (including phenoxy) is 1. The van der Waals surface area contributed by atoms with Gasteiger partial charge >= 0.3 is 6.09 Å². The smallest absolute Gasteiger partial charge is 0.414 e. The van der Waals surface area contributed by atoms with E-state index in [9.17, 15) is 13.2 Å². The first-order valence-electron chi connectivity index (χ1n) is 8.62. The van der Waals surface area contributed by atoms with Crippen molar-refractivity contribution >= 4 is 44.5 Å². The minimum absolute atomic E-state index is 0.182. The van der Waals surface area contributed by atoms with E-state index in [0.29, 0.717) is 31.0 Å². The van der Waals surface area contributed by atoms with Gasteiger partial charge in [-0.15, -0.1) is 0 Å². The van der Waals surface area contributed by atoms with Gasteiger partial charge in [-0.25, -0.2) is 13.2 Å². The number of amides is 1. The number of benzene rings is 1. The normalized spacial score (nSPS) is 22.7. The molecule has 2 aliphatic rings. The number of thiocarbonyl (C=S) groups is 1. The third-order valence-electron chi connectivity index (χ3n) is 4.53. The van der Waals surface area contributed by atoms with Gasteiger partial charge in [-0.05, 0) is 37.6 Å². The van der Waals surface area contributed by atoms with Crippen LogP contribution in [0.5, 0.6) is 0 Å². The summed E-state index contributed by atoms with van der Waals surface area (Å²) in [6.45, 7) is 3.97. The van der Waals surface area contributed by atoms with E-state index in [-0.39, 0.29) is 23.7 Å². The Labute approximate surface area is 159 Å². The van der Waals surface area contributed by atoms with Gasteiger partial charge in [0.05, 0.1) is 29.6 Å². The number of carbonyl (C=O) groups is 1. The van der Waals surface area contributed by atoms with E-state index < -0.39 is 9.84 Å². The molecule has 1 amide bonds. The molecule has 1 atom stereocenters. The second-order valence-electron chi connectivity index (χ2n) is 6.56. The van der Waals surface area contributed by atoms with Crippen LogP contribution in [0.3, 0.4) is 0 Å². The van der Waals surface area contributed by atoms with Gasteiger partial charge in [0.15, 0.2) is 9.84 Å². The van der Waals surface area contributed by atoms with Crippen LogP contribution in [0, 0.1) is 0 Å². The molecule has 3 rings (SSSR count). The van der Waals surface area contributed by atoms with Crippen molar-refractivity contribution < 1.29 is 17.9 Å². The second kappa shape index (κ2) is 7.79. The summed E-state index contributed by atoms with van der Waals surface area (Å²) < 4.78 is 28.8. The fraction of sp³-hybridized carbons (Fsp3) is 0.529. The summed E-state index contributed by atoms with van der Waals surface area (Å²) in [5.41, 5.74) is 1.73. The number of nitrogens with zero attached hydrogens (tertiary/aromatic N) is 2. The molecule has 1 aromatic carbocycles. The molecular weight excluding hydrogens is 374 g/mol. The summed E-state index contributed by atoms with van der Waals surface area (Å²) in [5.74, 6) is 0.430. The van der Waals surface area contributed by atoms with Gasteiger partial charge in [-0.3, -0.25) is 4.90 Å². The molecule has 7 nitrogen and oxygen atoms in total. The Morgan fingerprint density at radius 2 is 1.92 bits per heavy atom. The number of cyclic esters (lactones) is 1. The molecule has 0 aliphatic carbocycles. The molecule has 0 radical (unpaired) electrons. The number of nitrogens with one attached hydrogen (secondary N) is 1. The fourth-order valence-electron chi connectivity index (χ4n) is 3.14. The van der Waals surface area contributed by atoms with E-state index in [1.165, 1.54) is 0 Å². The van der Waals surface area contributed by atoms with E-state index in [2.05, 4.69) is 10.2 Å². The van der Waals surface area contributed by atoms with Gasteiger partial charge in [0, 0.05) is 24.5 Å². The summed E-state index contributed by atoms with van der Waals surface area (Å²) in [4.78, 5) is 16.4. The van der Waals surface area contributed by atoms with Crippen LogP contribution in [0.15, 0.2) is 24.3 Å². The molecule has 1 N–H and O–H groups in total. The van der Waals surface area contributed by atoms with Crippen LogP contribution in [0.4, 0.5) is 16.2 Å². The summed E-state index contributed by atoms with van der Waals surface area (Å²) in [5, 5.41) is 3.02. The van der Waals surface area contributed by atoms with E-state index >= 15 is 0 Å². The molecule has 0 bridgehead atoms. The third kappa shape index (κ3) is 4.64. The lowest BCUT2D eigenvalue weighted by atomic mass is 10.2. The van der Waals surface area contributed by atoms with Crippen LogP contribution in [0.25, 0.3) is 0 Å². The van der Waals surface area contributed by atoms with Gasteiger partial charge in [0.1, 0.15) is 6.10 Å². The zero-order valence-corrected chi connectivity index (χ0v) is 16.3. The molecule has 0 aromatic heterocycles. The first-order chi connectivity index (χ1) is 12.3. The van der Waals surface area contributed by atoms with Crippen LogP contribution in [0.1, 0.15) is 13.3 Å². The molecule has 2 saturated heterocycles. The number of anilines is 2. The molecule has 142 valence electrons. The minimum Gasteiger partial charge on any atom is -0.442 e. The van der Waals surface area contributed by atoms with Crippen molar-refractivity contribution in [1.29, 1.82) is 0 Å². The first-order valence-corrected chi connectivity index (χ1v) is 10.8. The quantitative estimate of drug-likeness (QED) is 0.773. The molecule has 26 heavy (non-hydrogen) atoms. The SMILES string of the molecule is CC(=S)NC[C@H]1CN(c2ccc(N3CCCS(=O)(=O)CC3)cc2)C(=O)O1. The second-order valence-corrected chi connectivity index (χ2v) is 9.48. The number of rotatable bonds is 4. The lowest BCUT2D eigenvalue weighted by Crippen LogP contribution is -2.32. The lowest BCUT2D eigenvalue weighted by Gasteiger charge is -2.23. The van der Waals surface area contributed by atoms with Crippen LogP contribution in [-0.2, 0) is 14.6 Å². The number of hydrogen-bond acceptors (Lipinski definition) is 6. The highest BCUT2D eigenvalue weighted by molar-refractivity contribution is 7.91. The molecule has 9 heteroatoms.